The average molecular weight is 473 g/mol. The number of piperidine rings is 1. The number of rotatable bonds is 5. The summed E-state index contributed by atoms with van der Waals surface area (Å²) < 4.78 is 7.90. The first kappa shape index (κ1) is 23.0. The maximum atomic E-state index is 13.2. The van der Waals surface area contributed by atoms with Gasteiger partial charge in [0.2, 0.25) is 0 Å². The highest BCUT2D eigenvalue weighted by Crippen LogP contribution is 2.37. The van der Waals surface area contributed by atoms with E-state index in [9.17, 15) is 14.9 Å². The Morgan fingerprint density at radius 3 is 2.62 bits per heavy atom. The Morgan fingerprint density at radius 2 is 2.00 bits per heavy atom. The zero-order valence-electron chi connectivity index (χ0n) is 18.6. The van der Waals surface area contributed by atoms with Crippen molar-refractivity contribution in [3.63, 3.8) is 0 Å². The molecule has 0 N–H and O–H groups in total. The second-order valence-corrected chi connectivity index (χ2v) is 10.0. The Hall–Kier alpha value is -2.15. The Balaban J connectivity index is 1.79. The lowest BCUT2D eigenvalue weighted by Crippen LogP contribution is -2.37. The Kier molecular flexibility index (Phi) is 7.03. The number of carbonyl (C=O) groups is 1. The van der Waals surface area contributed by atoms with E-state index in [1.54, 1.807) is 16.4 Å². The van der Waals surface area contributed by atoms with E-state index in [1.165, 1.54) is 18.2 Å². The van der Waals surface area contributed by atoms with Gasteiger partial charge in [0.05, 0.1) is 17.6 Å². The van der Waals surface area contributed by atoms with E-state index in [-0.39, 0.29) is 23.1 Å². The van der Waals surface area contributed by atoms with Crippen molar-refractivity contribution in [1.82, 2.24) is 9.47 Å². The molecular weight excluding hydrogens is 444 g/mol. The number of hydrogen-bond acceptors (Lipinski definition) is 7. The summed E-state index contributed by atoms with van der Waals surface area (Å²) in [6, 6.07) is 2.09. The van der Waals surface area contributed by atoms with Gasteiger partial charge in [-0.15, -0.1) is 0 Å². The highest BCUT2D eigenvalue weighted by atomic mass is 32.2. The number of hydrogen-bond donors (Lipinski definition) is 0. The number of carbonyl (C=O) groups excluding carboxylic acids is 1. The van der Waals surface area contributed by atoms with Crippen LogP contribution in [0.25, 0.3) is 6.08 Å². The minimum Gasteiger partial charge on any atom is -0.376 e. The SMILES string of the molecule is CCn1c(N2CCCCC2)c(/C=C2\SC(=S)N(CC3CCCO3)C2=O)c(C)c(C#N)c1=O. The molecule has 7 nitrogen and oxygen atoms in total. The molecule has 0 bridgehead atoms. The summed E-state index contributed by atoms with van der Waals surface area (Å²) in [5, 5.41) is 9.69. The summed E-state index contributed by atoms with van der Waals surface area (Å²) in [6.45, 7) is 7.07. The van der Waals surface area contributed by atoms with Crippen LogP contribution in [0.15, 0.2) is 9.70 Å². The van der Waals surface area contributed by atoms with Crippen LogP contribution in [-0.4, -0.2) is 52.0 Å². The molecule has 32 heavy (non-hydrogen) atoms. The zero-order chi connectivity index (χ0) is 22.8. The van der Waals surface area contributed by atoms with E-state index in [1.807, 2.05) is 13.0 Å². The molecule has 0 radical (unpaired) electrons. The molecule has 170 valence electrons. The smallest absolute Gasteiger partial charge is 0.270 e. The summed E-state index contributed by atoms with van der Waals surface area (Å²) in [4.78, 5) is 30.6. The fourth-order valence-corrected chi connectivity index (χ4v) is 5.92. The van der Waals surface area contributed by atoms with Crippen molar-refractivity contribution in [3.05, 3.63) is 31.9 Å². The molecule has 4 rings (SSSR count). The van der Waals surface area contributed by atoms with Gasteiger partial charge in [0.15, 0.2) is 0 Å². The van der Waals surface area contributed by atoms with Gasteiger partial charge in [-0.1, -0.05) is 24.0 Å². The van der Waals surface area contributed by atoms with Gasteiger partial charge in [0.25, 0.3) is 11.5 Å². The van der Waals surface area contributed by atoms with Crippen molar-refractivity contribution < 1.29 is 9.53 Å². The lowest BCUT2D eigenvalue weighted by Gasteiger charge is -2.33. The van der Waals surface area contributed by atoms with Crippen molar-refractivity contribution in [3.8, 4) is 6.07 Å². The molecule has 0 aromatic carbocycles. The third-order valence-corrected chi connectivity index (χ3v) is 7.76. The second kappa shape index (κ2) is 9.77. The van der Waals surface area contributed by atoms with E-state index >= 15 is 0 Å². The summed E-state index contributed by atoms with van der Waals surface area (Å²) in [5.74, 6) is 0.672. The van der Waals surface area contributed by atoms with Crippen LogP contribution in [-0.2, 0) is 16.1 Å². The first-order valence-corrected chi connectivity index (χ1v) is 12.5. The minimum absolute atomic E-state index is 0.0229. The van der Waals surface area contributed by atoms with Crippen LogP contribution in [0.5, 0.6) is 0 Å². The second-order valence-electron chi connectivity index (χ2n) is 8.37. The highest BCUT2D eigenvalue weighted by Gasteiger charge is 2.35. The zero-order valence-corrected chi connectivity index (χ0v) is 20.2. The van der Waals surface area contributed by atoms with Crippen LogP contribution in [0.1, 0.15) is 55.7 Å². The van der Waals surface area contributed by atoms with Crippen molar-refractivity contribution in [1.29, 1.82) is 5.26 Å². The van der Waals surface area contributed by atoms with Gasteiger partial charge in [0, 0.05) is 31.8 Å². The van der Waals surface area contributed by atoms with E-state index in [0.717, 1.165) is 56.8 Å². The van der Waals surface area contributed by atoms with Crippen LogP contribution >= 0.6 is 24.0 Å². The van der Waals surface area contributed by atoms with Gasteiger partial charge in [-0.25, -0.2) is 0 Å². The molecule has 0 saturated carbocycles. The number of amides is 1. The standard InChI is InChI=1S/C23H28N4O3S2/c1-3-26-20(25-9-5-4-6-10-25)17(15(2)18(13-24)21(26)28)12-19-22(29)27(23(31)32-19)14-16-8-7-11-30-16/h12,16H,3-11,14H2,1-2H3/b19-12-. The number of nitrogens with zero attached hydrogens (tertiary/aromatic N) is 4. The predicted octanol–water partition coefficient (Wildman–Crippen LogP) is 3.42. The Morgan fingerprint density at radius 1 is 1.25 bits per heavy atom. The molecule has 1 aromatic heterocycles. The first-order valence-electron chi connectivity index (χ1n) is 11.3. The molecule has 0 spiro atoms. The van der Waals surface area contributed by atoms with E-state index in [4.69, 9.17) is 17.0 Å². The number of ether oxygens (including phenoxy) is 1. The monoisotopic (exact) mass is 472 g/mol. The van der Waals surface area contributed by atoms with Gasteiger partial charge in [-0.3, -0.25) is 19.1 Å². The number of thiocarbonyl (C=S) groups is 1. The van der Waals surface area contributed by atoms with E-state index < -0.39 is 0 Å². The number of thioether (sulfide) groups is 1. The molecule has 3 aliphatic rings. The van der Waals surface area contributed by atoms with Crippen LogP contribution in [0.2, 0.25) is 0 Å². The summed E-state index contributed by atoms with van der Waals surface area (Å²) >= 11 is 6.79. The molecule has 3 fully saturated rings. The molecule has 1 atom stereocenters. The van der Waals surface area contributed by atoms with Gasteiger partial charge in [-0.05, 0) is 57.6 Å². The summed E-state index contributed by atoms with van der Waals surface area (Å²) in [5.41, 5.74) is 1.25. The third-order valence-electron chi connectivity index (χ3n) is 6.38. The van der Waals surface area contributed by atoms with Crippen LogP contribution in [0, 0.1) is 18.3 Å². The molecule has 3 aliphatic heterocycles. The van der Waals surface area contributed by atoms with Gasteiger partial charge < -0.3 is 9.64 Å². The Labute approximate surface area is 198 Å². The first-order chi connectivity index (χ1) is 15.5. The number of pyridine rings is 1. The van der Waals surface area contributed by atoms with Gasteiger partial charge in [0.1, 0.15) is 21.8 Å². The third kappa shape index (κ3) is 4.24. The largest absolute Gasteiger partial charge is 0.376 e. The predicted molar refractivity (Wildman–Crippen MR) is 131 cm³/mol. The van der Waals surface area contributed by atoms with Crippen molar-refractivity contribution in [2.45, 2.75) is 58.6 Å². The fraction of sp³-hybridized carbons (Fsp3) is 0.565. The molecule has 1 aromatic rings. The Bertz CT molecular complexity index is 1060. The fourth-order valence-electron chi connectivity index (χ4n) is 4.66. The number of nitriles is 1. The number of aromatic nitrogens is 1. The summed E-state index contributed by atoms with van der Waals surface area (Å²) in [6.07, 6.45) is 7.07. The van der Waals surface area contributed by atoms with Crippen LogP contribution in [0.4, 0.5) is 5.82 Å². The van der Waals surface area contributed by atoms with Gasteiger partial charge >= 0.3 is 0 Å². The molecular formula is C23H28N4O3S2. The summed E-state index contributed by atoms with van der Waals surface area (Å²) in [7, 11) is 0. The van der Waals surface area contributed by atoms with Crippen molar-refractivity contribution in [2.75, 3.05) is 31.1 Å². The maximum Gasteiger partial charge on any atom is 0.270 e. The quantitative estimate of drug-likeness (QED) is 0.480. The van der Waals surface area contributed by atoms with E-state index in [0.29, 0.717) is 27.9 Å². The minimum atomic E-state index is -0.267. The topological polar surface area (TPSA) is 78.6 Å². The number of anilines is 1. The average Bonchev–Trinajstić information content (AvgIpc) is 3.40. The highest BCUT2D eigenvalue weighted by molar-refractivity contribution is 8.26. The van der Waals surface area contributed by atoms with Crippen LogP contribution < -0.4 is 10.5 Å². The van der Waals surface area contributed by atoms with Gasteiger partial charge in [-0.2, -0.15) is 5.26 Å². The lowest BCUT2D eigenvalue weighted by atomic mass is 10.0. The normalized spacial score (nSPS) is 22.8. The molecule has 1 amide bonds. The van der Waals surface area contributed by atoms with Crippen molar-refractivity contribution in [2.24, 2.45) is 0 Å². The molecule has 0 aliphatic carbocycles. The van der Waals surface area contributed by atoms with Crippen molar-refractivity contribution >= 4 is 46.1 Å². The molecule has 9 heteroatoms. The van der Waals surface area contributed by atoms with Crippen LogP contribution in [0.3, 0.4) is 0 Å². The molecule has 4 heterocycles. The lowest BCUT2D eigenvalue weighted by molar-refractivity contribution is -0.123. The maximum absolute atomic E-state index is 13.2. The molecule has 3 saturated heterocycles. The van der Waals surface area contributed by atoms with E-state index in [2.05, 4.69) is 11.0 Å². The molecule has 1 unspecified atom stereocenters.